The Kier molecular flexibility index (Phi) is 7.93. The summed E-state index contributed by atoms with van der Waals surface area (Å²) in [6.07, 6.45) is 1.70. The summed E-state index contributed by atoms with van der Waals surface area (Å²) in [6, 6.07) is 11.7. The van der Waals surface area contributed by atoms with Crippen molar-refractivity contribution in [3.8, 4) is 17.2 Å². The highest BCUT2D eigenvalue weighted by molar-refractivity contribution is 7.86. The maximum absolute atomic E-state index is 13.0. The molecule has 0 spiro atoms. The van der Waals surface area contributed by atoms with Gasteiger partial charge >= 0.3 is 16.1 Å². The number of methoxy groups -OCH3 is 2. The molecule has 1 atom stereocenters. The largest absolute Gasteiger partial charge is 0.495 e. The Bertz CT molecular complexity index is 977. The molecule has 0 heterocycles. The highest BCUT2D eigenvalue weighted by Gasteiger charge is 2.22. The maximum Gasteiger partial charge on any atom is 0.322 e. The number of nitrogens with zero attached hydrogens (tertiary/aromatic N) is 1. The van der Waals surface area contributed by atoms with Crippen LogP contribution in [0.3, 0.4) is 0 Å². The van der Waals surface area contributed by atoms with E-state index in [1.54, 1.807) is 35.2 Å². The van der Waals surface area contributed by atoms with Gasteiger partial charge in [0, 0.05) is 12.6 Å². The van der Waals surface area contributed by atoms with Crippen LogP contribution in [-0.2, 0) is 16.7 Å². The molecule has 0 aliphatic heterocycles. The molecule has 30 heavy (non-hydrogen) atoms. The summed E-state index contributed by atoms with van der Waals surface area (Å²) in [7, 11) is -0.761. The second kappa shape index (κ2) is 10.2. The molecule has 0 fully saturated rings. The van der Waals surface area contributed by atoms with Crippen LogP contribution in [0.4, 0.5) is 10.5 Å². The van der Waals surface area contributed by atoms with Crippen LogP contribution < -0.4 is 19.0 Å². The number of carbonyl (C=O) groups is 1. The summed E-state index contributed by atoms with van der Waals surface area (Å²) in [5.74, 6) is 0.924. The monoisotopic (exact) mass is 436 g/mol. The van der Waals surface area contributed by atoms with Crippen molar-refractivity contribution in [3.63, 3.8) is 0 Å². The number of carbonyl (C=O) groups excluding carboxylic acids is 1. The van der Waals surface area contributed by atoms with E-state index in [2.05, 4.69) is 5.32 Å². The highest BCUT2D eigenvalue weighted by Crippen LogP contribution is 2.30. The Hall–Kier alpha value is -2.94. The second-order valence-electron chi connectivity index (χ2n) is 6.79. The number of rotatable bonds is 9. The summed E-state index contributed by atoms with van der Waals surface area (Å²) >= 11 is 0. The van der Waals surface area contributed by atoms with Crippen molar-refractivity contribution in [2.24, 2.45) is 0 Å². The SMILES string of the molecule is CCC(C)N(Cc1ccc(OC)c(OS(C)(=O)=O)c1)C(=O)Nc1ccccc1OC. The lowest BCUT2D eigenvalue weighted by Gasteiger charge is -2.29. The number of anilines is 1. The van der Waals surface area contributed by atoms with E-state index in [9.17, 15) is 13.2 Å². The number of benzene rings is 2. The Morgan fingerprint density at radius 2 is 1.73 bits per heavy atom. The number of ether oxygens (including phenoxy) is 2. The smallest absolute Gasteiger partial charge is 0.322 e. The molecule has 2 amide bonds. The third-order valence-corrected chi connectivity index (χ3v) is 5.04. The molecule has 2 aromatic carbocycles. The van der Waals surface area contributed by atoms with E-state index in [1.807, 2.05) is 26.0 Å². The number of para-hydroxylation sites is 2. The zero-order valence-electron chi connectivity index (χ0n) is 17.8. The van der Waals surface area contributed by atoms with E-state index in [-0.39, 0.29) is 30.1 Å². The number of amides is 2. The molecule has 164 valence electrons. The number of hydrogen-bond acceptors (Lipinski definition) is 6. The average molecular weight is 437 g/mol. The lowest BCUT2D eigenvalue weighted by atomic mass is 10.1. The van der Waals surface area contributed by atoms with Crippen molar-refractivity contribution >= 4 is 21.8 Å². The van der Waals surface area contributed by atoms with E-state index in [1.165, 1.54) is 14.2 Å². The molecular formula is C21H28N2O6S. The predicted molar refractivity (Wildman–Crippen MR) is 116 cm³/mol. The normalized spacial score (nSPS) is 12.0. The van der Waals surface area contributed by atoms with Crippen LogP contribution in [0.25, 0.3) is 0 Å². The zero-order chi connectivity index (χ0) is 22.3. The Morgan fingerprint density at radius 3 is 2.33 bits per heavy atom. The van der Waals surface area contributed by atoms with E-state index in [0.29, 0.717) is 17.0 Å². The van der Waals surface area contributed by atoms with Crippen molar-refractivity contribution in [1.29, 1.82) is 0 Å². The first-order valence-corrected chi connectivity index (χ1v) is 11.3. The third kappa shape index (κ3) is 6.28. The number of urea groups is 1. The van der Waals surface area contributed by atoms with Crippen LogP contribution >= 0.6 is 0 Å². The zero-order valence-corrected chi connectivity index (χ0v) is 18.7. The minimum atomic E-state index is -3.73. The van der Waals surface area contributed by atoms with E-state index >= 15 is 0 Å². The van der Waals surface area contributed by atoms with Crippen LogP contribution in [0.1, 0.15) is 25.8 Å². The fourth-order valence-corrected chi connectivity index (χ4v) is 3.28. The lowest BCUT2D eigenvalue weighted by Crippen LogP contribution is -2.40. The summed E-state index contributed by atoms with van der Waals surface area (Å²) < 4.78 is 38.6. The lowest BCUT2D eigenvalue weighted by molar-refractivity contribution is 0.187. The fourth-order valence-electron chi connectivity index (χ4n) is 2.83. The maximum atomic E-state index is 13.0. The topological polar surface area (TPSA) is 94.2 Å². The van der Waals surface area contributed by atoms with Crippen LogP contribution in [0.2, 0.25) is 0 Å². The number of nitrogens with one attached hydrogen (secondary N) is 1. The quantitative estimate of drug-likeness (QED) is 0.600. The molecule has 0 aliphatic carbocycles. The minimum absolute atomic E-state index is 0.0684. The van der Waals surface area contributed by atoms with Gasteiger partial charge < -0.3 is 23.9 Å². The molecule has 9 heteroatoms. The Balaban J connectivity index is 2.30. The van der Waals surface area contributed by atoms with Crippen molar-refractivity contribution in [3.05, 3.63) is 48.0 Å². The standard InChI is InChI=1S/C21H28N2O6S/c1-6-15(2)23(21(24)22-17-9-7-8-10-18(17)27-3)14-16-11-12-19(28-4)20(13-16)29-30(5,25)26/h7-13,15H,6,14H2,1-5H3,(H,22,24). The van der Waals surface area contributed by atoms with Gasteiger partial charge in [0.05, 0.1) is 26.2 Å². The van der Waals surface area contributed by atoms with Gasteiger partial charge in [-0.3, -0.25) is 0 Å². The summed E-state index contributed by atoms with van der Waals surface area (Å²) in [5.41, 5.74) is 1.26. The van der Waals surface area contributed by atoms with Crippen molar-refractivity contribution in [2.45, 2.75) is 32.9 Å². The molecule has 0 saturated carbocycles. The van der Waals surface area contributed by atoms with Gasteiger partial charge in [-0.15, -0.1) is 0 Å². The van der Waals surface area contributed by atoms with E-state index in [4.69, 9.17) is 13.7 Å². The Labute approximate surface area is 177 Å². The first-order valence-electron chi connectivity index (χ1n) is 9.45. The van der Waals surface area contributed by atoms with Gasteiger partial charge in [0.25, 0.3) is 0 Å². The molecule has 1 unspecified atom stereocenters. The molecule has 8 nitrogen and oxygen atoms in total. The minimum Gasteiger partial charge on any atom is -0.495 e. The first kappa shape index (κ1) is 23.3. The van der Waals surface area contributed by atoms with E-state index < -0.39 is 10.1 Å². The van der Waals surface area contributed by atoms with Crippen LogP contribution in [-0.4, -0.2) is 45.9 Å². The van der Waals surface area contributed by atoms with Gasteiger partial charge in [0.2, 0.25) is 0 Å². The molecule has 0 aromatic heterocycles. The van der Waals surface area contributed by atoms with Crippen LogP contribution in [0.5, 0.6) is 17.2 Å². The first-order chi connectivity index (χ1) is 14.2. The van der Waals surface area contributed by atoms with Gasteiger partial charge in [-0.25, -0.2) is 4.79 Å². The summed E-state index contributed by atoms with van der Waals surface area (Å²) in [5, 5.41) is 2.88. The van der Waals surface area contributed by atoms with Crippen molar-refractivity contribution in [1.82, 2.24) is 4.90 Å². The highest BCUT2D eigenvalue weighted by atomic mass is 32.2. The van der Waals surface area contributed by atoms with Crippen LogP contribution in [0, 0.1) is 0 Å². The summed E-state index contributed by atoms with van der Waals surface area (Å²) in [6.45, 7) is 4.18. The fraction of sp³-hybridized carbons (Fsp3) is 0.381. The van der Waals surface area contributed by atoms with Crippen molar-refractivity contribution < 1.29 is 26.9 Å². The molecular weight excluding hydrogens is 408 g/mol. The van der Waals surface area contributed by atoms with E-state index in [0.717, 1.165) is 12.7 Å². The molecule has 0 radical (unpaired) electrons. The van der Waals surface area contributed by atoms with Gasteiger partial charge in [-0.1, -0.05) is 25.1 Å². The molecule has 0 aliphatic rings. The number of hydrogen-bond donors (Lipinski definition) is 1. The third-order valence-electron chi connectivity index (χ3n) is 4.55. The summed E-state index contributed by atoms with van der Waals surface area (Å²) in [4.78, 5) is 14.7. The van der Waals surface area contributed by atoms with Crippen molar-refractivity contribution in [2.75, 3.05) is 25.8 Å². The molecule has 1 N–H and O–H groups in total. The molecule has 0 bridgehead atoms. The predicted octanol–water partition coefficient (Wildman–Crippen LogP) is 3.87. The molecule has 2 rings (SSSR count). The second-order valence-corrected chi connectivity index (χ2v) is 8.36. The van der Waals surface area contributed by atoms with Gasteiger partial charge in [0.1, 0.15) is 5.75 Å². The van der Waals surface area contributed by atoms with Gasteiger partial charge in [0.15, 0.2) is 11.5 Å². The molecule has 0 saturated heterocycles. The van der Waals surface area contributed by atoms with Crippen LogP contribution in [0.15, 0.2) is 42.5 Å². The van der Waals surface area contributed by atoms with Gasteiger partial charge in [-0.2, -0.15) is 8.42 Å². The Morgan fingerprint density at radius 1 is 1.07 bits per heavy atom. The van der Waals surface area contributed by atoms with Gasteiger partial charge in [-0.05, 0) is 43.2 Å². The average Bonchev–Trinajstić information content (AvgIpc) is 2.70. The molecule has 2 aromatic rings.